The van der Waals surface area contributed by atoms with Crippen LogP contribution in [0.1, 0.15) is 36.5 Å². The van der Waals surface area contributed by atoms with Crippen LogP contribution in [0.2, 0.25) is 0 Å². The Kier molecular flexibility index (Phi) is 4.56. The number of methoxy groups -OCH3 is 1. The summed E-state index contributed by atoms with van der Waals surface area (Å²) in [5.41, 5.74) is 9.11. The van der Waals surface area contributed by atoms with Crippen molar-refractivity contribution in [2.45, 2.75) is 26.7 Å². The van der Waals surface area contributed by atoms with Crippen molar-refractivity contribution in [3.63, 3.8) is 0 Å². The highest BCUT2D eigenvalue weighted by molar-refractivity contribution is 5.64. The molecule has 0 bridgehead atoms. The largest absolute Gasteiger partial charge is 0.496 e. The highest BCUT2D eigenvalue weighted by atomic mass is 16.5. The SMILES string of the molecule is COc1c(C)ccc(C(C)C)c1/C=C/CN. The van der Waals surface area contributed by atoms with Crippen molar-refractivity contribution in [3.8, 4) is 5.75 Å². The molecule has 0 atom stereocenters. The predicted octanol–water partition coefficient (Wildman–Crippen LogP) is 3.10. The molecule has 2 heteroatoms. The maximum absolute atomic E-state index is 5.50. The Morgan fingerprint density at radius 1 is 1.38 bits per heavy atom. The first-order chi connectivity index (χ1) is 7.61. The molecule has 0 aliphatic carbocycles. The van der Waals surface area contributed by atoms with Crippen molar-refractivity contribution in [3.05, 3.63) is 34.9 Å². The van der Waals surface area contributed by atoms with Crippen LogP contribution in [0.4, 0.5) is 0 Å². The van der Waals surface area contributed by atoms with E-state index < -0.39 is 0 Å². The van der Waals surface area contributed by atoms with Crippen LogP contribution >= 0.6 is 0 Å². The van der Waals surface area contributed by atoms with Gasteiger partial charge in [0.05, 0.1) is 7.11 Å². The Bertz CT molecular complexity index is 381. The van der Waals surface area contributed by atoms with E-state index in [0.29, 0.717) is 12.5 Å². The number of hydrogen-bond acceptors (Lipinski definition) is 2. The Balaban J connectivity index is 3.35. The summed E-state index contributed by atoms with van der Waals surface area (Å²) in [7, 11) is 1.71. The Morgan fingerprint density at radius 3 is 2.56 bits per heavy atom. The van der Waals surface area contributed by atoms with Gasteiger partial charge < -0.3 is 10.5 Å². The second kappa shape index (κ2) is 5.71. The maximum Gasteiger partial charge on any atom is 0.129 e. The van der Waals surface area contributed by atoms with E-state index in [0.717, 1.165) is 16.9 Å². The lowest BCUT2D eigenvalue weighted by Gasteiger charge is -2.16. The van der Waals surface area contributed by atoms with Gasteiger partial charge in [-0.2, -0.15) is 0 Å². The van der Waals surface area contributed by atoms with Crippen LogP contribution in [-0.4, -0.2) is 13.7 Å². The van der Waals surface area contributed by atoms with Gasteiger partial charge in [0.2, 0.25) is 0 Å². The van der Waals surface area contributed by atoms with Crippen molar-refractivity contribution >= 4 is 6.08 Å². The molecule has 88 valence electrons. The molecule has 0 saturated carbocycles. The molecule has 0 radical (unpaired) electrons. The molecule has 0 fully saturated rings. The first-order valence-electron chi connectivity index (χ1n) is 5.65. The minimum Gasteiger partial charge on any atom is -0.496 e. The molecule has 0 spiro atoms. The monoisotopic (exact) mass is 219 g/mol. The number of rotatable bonds is 4. The summed E-state index contributed by atoms with van der Waals surface area (Å²) in [5, 5.41) is 0. The van der Waals surface area contributed by atoms with Crippen LogP contribution < -0.4 is 10.5 Å². The molecule has 0 aliphatic rings. The minimum absolute atomic E-state index is 0.479. The van der Waals surface area contributed by atoms with Gasteiger partial charge in [-0.15, -0.1) is 0 Å². The van der Waals surface area contributed by atoms with Crippen LogP contribution in [0.15, 0.2) is 18.2 Å². The molecule has 0 saturated heterocycles. The summed E-state index contributed by atoms with van der Waals surface area (Å²) in [6.07, 6.45) is 4.02. The van der Waals surface area contributed by atoms with E-state index in [1.54, 1.807) is 7.11 Å². The average Bonchev–Trinajstić information content (AvgIpc) is 2.25. The maximum atomic E-state index is 5.50. The van der Waals surface area contributed by atoms with E-state index in [9.17, 15) is 0 Å². The molecule has 0 aromatic heterocycles. The van der Waals surface area contributed by atoms with E-state index in [1.807, 2.05) is 6.08 Å². The Hall–Kier alpha value is -1.28. The third-order valence-electron chi connectivity index (χ3n) is 2.67. The van der Waals surface area contributed by atoms with Gasteiger partial charge in [0.25, 0.3) is 0 Å². The molecule has 0 aliphatic heterocycles. The van der Waals surface area contributed by atoms with Crippen LogP contribution in [-0.2, 0) is 0 Å². The zero-order chi connectivity index (χ0) is 12.1. The molecule has 2 nitrogen and oxygen atoms in total. The number of benzene rings is 1. The fraction of sp³-hybridized carbons (Fsp3) is 0.429. The number of aryl methyl sites for hydroxylation is 1. The van der Waals surface area contributed by atoms with Gasteiger partial charge in [-0.1, -0.05) is 38.1 Å². The highest BCUT2D eigenvalue weighted by Crippen LogP contribution is 2.32. The third kappa shape index (κ3) is 2.64. The zero-order valence-electron chi connectivity index (χ0n) is 10.6. The molecule has 1 aromatic carbocycles. The molecule has 16 heavy (non-hydrogen) atoms. The van der Waals surface area contributed by atoms with E-state index >= 15 is 0 Å². The molecular weight excluding hydrogens is 198 g/mol. The lowest BCUT2D eigenvalue weighted by molar-refractivity contribution is 0.410. The molecule has 2 N–H and O–H groups in total. The van der Waals surface area contributed by atoms with E-state index in [2.05, 4.69) is 39.0 Å². The molecular formula is C14H21NO. The van der Waals surface area contributed by atoms with Crippen molar-refractivity contribution in [2.75, 3.05) is 13.7 Å². The average molecular weight is 219 g/mol. The molecule has 1 rings (SSSR count). The summed E-state index contributed by atoms with van der Waals surface area (Å²) in [6.45, 7) is 6.98. The Labute approximate surface area is 98.1 Å². The van der Waals surface area contributed by atoms with Crippen molar-refractivity contribution < 1.29 is 4.74 Å². The normalized spacial score (nSPS) is 11.4. The zero-order valence-corrected chi connectivity index (χ0v) is 10.6. The van der Waals surface area contributed by atoms with Crippen LogP contribution in [0.3, 0.4) is 0 Å². The fourth-order valence-electron chi connectivity index (χ4n) is 1.86. The Morgan fingerprint density at radius 2 is 2.06 bits per heavy atom. The lowest BCUT2D eigenvalue weighted by atomic mass is 9.94. The minimum atomic E-state index is 0.479. The second-order valence-electron chi connectivity index (χ2n) is 4.21. The van der Waals surface area contributed by atoms with Gasteiger partial charge >= 0.3 is 0 Å². The molecule has 0 amide bonds. The molecule has 1 aromatic rings. The summed E-state index contributed by atoms with van der Waals surface area (Å²) >= 11 is 0. The highest BCUT2D eigenvalue weighted by Gasteiger charge is 2.11. The molecule has 0 heterocycles. The lowest BCUT2D eigenvalue weighted by Crippen LogP contribution is -1.99. The van der Waals surface area contributed by atoms with Gasteiger partial charge in [-0.25, -0.2) is 0 Å². The first-order valence-corrected chi connectivity index (χ1v) is 5.65. The van der Waals surface area contributed by atoms with E-state index in [4.69, 9.17) is 10.5 Å². The van der Waals surface area contributed by atoms with Crippen molar-refractivity contribution in [2.24, 2.45) is 5.73 Å². The van der Waals surface area contributed by atoms with E-state index in [-0.39, 0.29) is 0 Å². The second-order valence-corrected chi connectivity index (χ2v) is 4.21. The van der Waals surface area contributed by atoms with Crippen LogP contribution in [0.5, 0.6) is 5.75 Å². The quantitative estimate of drug-likeness (QED) is 0.844. The predicted molar refractivity (Wildman–Crippen MR) is 69.9 cm³/mol. The molecule has 0 unspecified atom stereocenters. The topological polar surface area (TPSA) is 35.2 Å². The number of hydrogen-bond donors (Lipinski definition) is 1. The van der Waals surface area contributed by atoms with Crippen LogP contribution in [0, 0.1) is 6.92 Å². The van der Waals surface area contributed by atoms with Crippen molar-refractivity contribution in [1.82, 2.24) is 0 Å². The first kappa shape index (κ1) is 12.8. The number of ether oxygens (including phenoxy) is 1. The smallest absolute Gasteiger partial charge is 0.129 e. The number of nitrogens with two attached hydrogens (primary N) is 1. The third-order valence-corrected chi connectivity index (χ3v) is 2.67. The summed E-state index contributed by atoms with van der Waals surface area (Å²) in [4.78, 5) is 0. The standard InChI is InChI=1S/C14H21NO/c1-10(2)12-8-7-11(3)14(16-4)13(12)6-5-9-15/h5-8,10H,9,15H2,1-4H3/b6-5+. The van der Waals surface area contributed by atoms with E-state index in [1.165, 1.54) is 5.56 Å². The van der Waals surface area contributed by atoms with Gasteiger partial charge in [0.15, 0.2) is 0 Å². The summed E-state index contributed by atoms with van der Waals surface area (Å²) in [5.74, 6) is 1.43. The summed E-state index contributed by atoms with van der Waals surface area (Å²) < 4.78 is 5.47. The van der Waals surface area contributed by atoms with Gasteiger partial charge in [0, 0.05) is 12.1 Å². The van der Waals surface area contributed by atoms with Gasteiger partial charge in [-0.3, -0.25) is 0 Å². The van der Waals surface area contributed by atoms with Gasteiger partial charge in [-0.05, 0) is 24.0 Å². The van der Waals surface area contributed by atoms with Gasteiger partial charge in [0.1, 0.15) is 5.75 Å². The summed E-state index contributed by atoms with van der Waals surface area (Å²) in [6, 6.07) is 4.27. The fourth-order valence-corrected chi connectivity index (χ4v) is 1.86. The van der Waals surface area contributed by atoms with Crippen LogP contribution in [0.25, 0.3) is 6.08 Å². The van der Waals surface area contributed by atoms with Crippen molar-refractivity contribution in [1.29, 1.82) is 0 Å².